The molecule has 2 N–H and O–H groups in total. The normalized spacial score (nSPS) is 17.8. The lowest BCUT2D eigenvalue weighted by Crippen LogP contribution is -2.37. The molecule has 8 rings (SSSR count). The summed E-state index contributed by atoms with van der Waals surface area (Å²) in [5, 5.41) is 9.53. The number of hydrogen-bond acceptors (Lipinski definition) is 14. The zero-order valence-electron chi connectivity index (χ0n) is 41.3. The first-order valence-corrected chi connectivity index (χ1v) is 24.5. The number of hydrogen-bond donors (Lipinski definition) is 2. The van der Waals surface area contributed by atoms with Crippen LogP contribution in [0.15, 0.2) is 24.3 Å². The van der Waals surface area contributed by atoms with Gasteiger partial charge in [0, 0.05) is 75.0 Å². The van der Waals surface area contributed by atoms with E-state index in [1.165, 1.54) is 38.5 Å². The van der Waals surface area contributed by atoms with Gasteiger partial charge in [-0.25, -0.2) is 9.97 Å². The van der Waals surface area contributed by atoms with Gasteiger partial charge in [0.1, 0.15) is 23.1 Å². The highest BCUT2D eigenvalue weighted by Gasteiger charge is 2.24. The van der Waals surface area contributed by atoms with Gasteiger partial charge in [-0.2, -0.15) is 9.97 Å². The molecule has 4 aliphatic heterocycles. The average molecular weight is 901 g/mol. The van der Waals surface area contributed by atoms with E-state index in [-0.39, 0.29) is 0 Å². The maximum absolute atomic E-state index is 5.72. The first-order chi connectivity index (χ1) is 32.1. The molecule has 14 nitrogen and oxygen atoms in total. The van der Waals surface area contributed by atoms with Crippen LogP contribution in [-0.4, -0.2) is 174 Å². The van der Waals surface area contributed by atoms with E-state index in [2.05, 4.69) is 130 Å². The largest absolute Gasteiger partial charge is 0.495 e. The lowest BCUT2D eigenvalue weighted by molar-refractivity contribution is 0.263. The maximum Gasteiger partial charge on any atom is 0.227 e. The third-order valence-corrected chi connectivity index (χ3v) is 13.2. The molecule has 356 valence electrons. The number of likely N-dealkylation sites (tertiary alicyclic amines) is 2. The highest BCUT2D eigenvalue weighted by atomic mass is 16.5. The summed E-state index contributed by atoms with van der Waals surface area (Å²) in [6.07, 6.45) is 13.5. The van der Waals surface area contributed by atoms with Crippen molar-refractivity contribution in [3.63, 3.8) is 0 Å². The third kappa shape index (κ3) is 13.5. The Bertz CT molecular complexity index is 2160. The number of benzene rings is 2. The molecular weight excluding hydrogens is 825 g/mol. The Balaban J connectivity index is 0.000000196. The summed E-state index contributed by atoms with van der Waals surface area (Å²) in [6, 6.07) is 9.11. The van der Waals surface area contributed by atoms with Gasteiger partial charge >= 0.3 is 0 Å². The van der Waals surface area contributed by atoms with Crippen molar-refractivity contribution in [3.8, 4) is 35.2 Å². The van der Waals surface area contributed by atoms with E-state index in [0.29, 0.717) is 12.1 Å². The Kier molecular flexibility index (Phi) is 17.8. The number of ether oxygens (including phenoxy) is 2. The van der Waals surface area contributed by atoms with E-state index in [1.807, 2.05) is 0 Å². The molecule has 0 unspecified atom stereocenters. The highest BCUT2D eigenvalue weighted by Crippen LogP contribution is 2.34. The molecule has 66 heavy (non-hydrogen) atoms. The summed E-state index contributed by atoms with van der Waals surface area (Å²) in [6.45, 7) is 10.4. The summed E-state index contributed by atoms with van der Waals surface area (Å²) in [5.74, 6) is 18.3. The van der Waals surface area contributed by atoms with Crippen molar-refractivity contribution in [2.45, 2.75) is 89.1 Å². The van der Waals surface area contributed by atoms with Crippen molar-refractivity contribution in [1.82, 2.24) is 39.5 Å². The molecule has 2 aromatic carbocycles. The van der Waals surface area contributed by atoms with Crippen molar-refractivity contribution in [1.29, 1.82) is 0 Å². The van der Waals surface area contributed by atoms with Crippen LogP contribution in [0.4, 0.5) is 23.5 Å². The molecule has 0 radical (unpaired) electrons. The van der Waals surface area contributed by atoms with Gasteiger partial charge in [-0.05, 0) is 157 Å². The number of nitrogens with zero attached hydrogens (tertiary/aromatic N) is 10. The second-order valence-electron chi connectivity index (χ2n) is 19.1. The zero-order valence-corrected chi connectivity index (χ0v) is 41.3. The molecule has 0 aliphatic carbocycles. The molecule has 14 heteroatoms. The van der Waals surface area contributed by atoms with Gasteiger partial charge in [-0.1, -0.05) is 23.7 Å². The van der Waals surface area contributed by atoms with Crippen LogP contribution in [-0.2, 0) is 0 Å². The van der Waals surface area contributed by atoms with Crippen LogP contribution in [0.25, 0.3) is 21.8 Å². The van der Waals surface area contributed by atoms with Crippen molar-refractivity contribution >= 4 is 45.3 Å². The second-order valence-corrected chi connectivity index (χ2v) is 19.1. The molecule has 4 aromatic rings. The third-order valence-electron chi connectivity index (χ3n) is 13.2. The van der Waals surface area contributed by atoms with E-state index in [1.54, 1.807) is 14.2 Å². The van der Waals surface area contributed by atoms with E-state index in [0.717, 1.165) is 172 Å². The number of methoxy groups -OCH3 is 2. The Morgan fingerprint density at radius 3 is 1.27 bits per heavy atom. The molecule has 6 heterocycles. The van der Waals surface area contributed by atoms with Gasteiger partial charge in [-0.15, -0.1) is 0 Å². The molecule has 4 aliphatic rings. The van der Waals surface area contributed by atoms with Gasteiger partial charge in [0.05, 0.1) is 36.4 Å². The number of nitrogens with one attached hydrogen (secondary N) is 2. The summed E-state index contributed by atoms with van der Waals surface area (Å²) in [5.41, 5.74) is 3.63. The topological polar surface area (TPSA) is 114 Å². The lowest BCUT2D eigenvalue weighted by Gasteiger charge is -2.31. The zero-order chi connectivity index (χ0) is 46.4. The standard InChI is InChI=1S/2C26H38N6O/c2*1-30(2)13-9-6-10-20-18-23-22(19-24(20)33-4)25(27-21-11-16-31(3)17-12-21)29-26(28-23)32-14-7-5-8-15-32/h2*18-19,21H,5,7-9,11-17H2,1-4H3,(H,27,28,29). The molecule has 0 spiro atoms. The summed E-state index contributed by atoms with van der Waals surface area (Å²) in [4.78, 5) is 33.8. The maximum atomic E-state index is 5.72. The minimum absolute atomic E-state index is 0.421. The predicted molar refractivity (Wildman–Crippen MR) is 273 cm³/mol. The summed E-state index contributed by atoms with van der Waals surface area (Å²) in [7, 11) is 16.1. The van der Waals surface area contributed by atoms with Crippen molar-refractivity contribution in [2.75, 3.05) is 142 Å². The van der Waals surface area contributed by atoms with Gasteiger partial charge < -0.3 is 49.5 Å². The van der Waals surface area contributed by atoms with Gasteiger partial charge in [0.2, 0.25) is 11.9 Å². The molecule has 0 amide bonds. The van der Waals surface area contributed by atoms with Crippen LogP contribution in [0, 0.1) is 23.7 Å². The molecule has 4 saturated heterocycles. The molecule has 4 fully saturated rings. The van der Waals surface area contributed by atoms with Crippen molar-refractivity contribution < 1.29 is 9.47 Å². The first-order valence-electron chi connectivity index (χ1n) is 24.5. The van der Waals surface area contributed by atoms with Crippen molar-refractivity contribution in [2.24, 2.45) is 0 Å². The molecule has 0 bridgehead atoms. The number of fused-ring (bicyclic) bond motifs is 2. The number of piperidine rings is 4. The van der Waals surface area contributed by atoms with Crippen LogP contribution < -0.4 is 29.9 Å². The molecule has 0 atom stereocenters. The Morgan fingerprint density at radius 1 is 0.545 bits per heavy atom. The minimum Gasteiger partial charge on any atom is -0.495 e. The number of rotatable bonds is 12. The SMILES string of the molecule is COc1cc2c(NC3CCN(C)CC3)nc(N3CCCCC3)nc2cc1C#CCCN(C)C.COc1cc2c(NC3CCN(C)CC3)nc(N3CCCCC3)nc2cc1C#CCCN(C)C. The Morgan fingerprint density at radius 2 is 0.924 bits per heavy atom. The van der Waals surface area contributed by atoms with Crippen LogP contribution in [0.1, 0.15) is 88.2 Å². The van der Waals surface area contributed by atoms with Gasteiger partial charge in [0.25, 0.3) is 0 Å². The van der Waals surface area contributed by atoms with E-state index in [4.69, 9.17) is 29.4 Å². The fraction of sp³-hybridized carbons (Fsp3) is 0.615. The fourth-order valence-electron chi connectivity index (χ4n) is 9.08. The Hall–Kier alpha value is -5.12. The van der Waals surface area contributed by atoms with Crippen LogP contribution in [0.2, 0.25) is 0 Å². The predicted octanol–water partition coefficient (Wildman–Crippen LogP) is 6.88. The lowest BCUT2D eigenvalue weighted by atomic mass is 10.0. The van der Waals surface area contributed by atoms with Crippen molar-refractivity contribution in [3.05, 3.63) is 35.4 Å². The van der Waals surface area contributed by atoms with E-state index >= 15 is 0 Å². The van der Waals surface area contributed by atoms with Crippen LogP contribution in [0.5, 0.6) is 11.5 Å². The summed E-state index contributed by atoms with van der Waals surface area (Å²) >= 11 is 0. The molecular formula is C52H76N12O2. The molecule has 0 saturated carbocycles. The highest BCUT2D eigenvalue weighted by molar-refractivity contribution is 5.94. The molecule has 2 aromatic heterocycles. The number of aromatic nitrogens is 4. The first kappa shape index (κ1) is 48.8. The summed E-state index contributed by atoms with van der Waals surface area (Å²) < 4.78 is 11.4. The van der Waals surface area contributed by atoms with E-state index in [9.17, 15) is 0 Å². The fourth-order valence-corrected chi connectivity index (χ4v) is 9.08. The quantitative estimate of drug-likeness (QED) is 0.144. The monoisotopic (exact) mass is 901 g/mol. The van der Waals surface area contributed by atoms with Crippen LogP contribution in [0.3, 0.4) is 0 Å². The number of anilines is 4. The van der Waals surface area contributed by atoms with Crippen LogP contribution >= 0.6 is 0 Å². The average Bonchev–Trinajstić information content (AvgIpc) is 3.33. The smallest absolute Gasteiger partial charge is 0.227 e. The second kappa shape index (κ2) is 24.1. The van der Waals surface area contributed by atoms with Gasteiger partial charge in [0.15, 0.2) is 0 Å². The van der Waals surface area contributed by atoms with Gasteiger partial charge in [-0.3, -0.25) is 0 Å². The minimum atomic E-state index is 0.421. The van der Waals surface area contributed by atoms with E-state index < -0.39 is 0 Å². The Labute approximate surface area is 395 Å².